The number of rotatable bonds is 7. The van der Waals surface area contributed by atoms with Crippen molar-refractivity contribution in [1.82, 2.24) is 5.32 Å². The molecule has 0 aliphatic heterocycles. The van der Waals surface area contributed by atoms with Crippen molar-refractivity contribution in [2.24, 2.45) is 0 Å². The van der Waals surface area contributed by atoms with E-state index in [1.54, 1.807) is 55.5 Å². The largest absolute Gasteiger partial charge is 0.484 e. The van der Waals surface area contributed by atoms with Crippen molar-refractivity contribution in [2.45, 2.75) is 13.5 Å². The summed E-state index contributed by atoms with van der Waals surface area (Å²) in [6, 6.07) is 14.6. The molecular formula is C21H19FN2O4. The van der Waals surface area contributed by atoms with E-state index in [1.807, 2.05) is 0 Å². The average molecular weight is 382 g/mol. The van der Waals surface area contributed by atoms with Gasteiger partial charge in [-0.05, 0) is 60.5 Å². The zero-order valence-corrected chi connectivity index (χ0v) is 15.2. The summed E-state index contributed by atoms with van der Waals surface area (Å²) in [4.78, 5) is 23.8. The number of furan rings is 1. The molecule has 3 aromatic rings. The highest BCUT2D eigenvalue weighted by Crippen LogP contribution is 2.16. The van der Waals surface area contributed by atoms with Crippen LogP contribution in [0.2, 0.25) is 0 Å². The second-order valence-corrected chi connectivity index (χ2v) is 6.10. The maximum Gasteiger partial charge on any atom is 0.291 e. The molecule has 144 valence electrons. The molecule has 0 atom stereocenters. The normalized spacial score (nSPS) is 10.4. The van der Waals surface area contributed by atoms with Crippen LogP contribution in [-0.4, -0.2) is 18.4 Å². The lowest BCUT2D eigenvalue weighted by molar-refractivity contribution is -0.123. The first kappa shape index (κ1) is 19.2. The molecule has 28 heavy (non-hydrogen) atoms. The van der Waals surface area contributed by atoms with Crippen LogP contribution in [0.15, 0.2) is 65.3 Å². The predicted molar refractivity (Wildman–Crippen MR) is 102 cm³/mol. The maximum atomic E-state index is 13.5. The third-order valence-electron chi connectivity index (χ3n) is 3.95. The summed E-state index contributed by atoms with van der Waals surface area (Å²) in [6.07, 6.45) is 1.42. The Labute approximate surface area is 161 Å². The van der Waals surface area contributed by atoms with Gasteiger partial charge in [-0.15, -0.1) is 0 Å². The van der Waals surface area contributed by atoms with Gasteiger partial charge in [0.15, 0.2) is 12.4 Å². The van der Waals surface area contributed by atoms with Gasteiger partial charge < -0.3 is 19.8 Å². The van der Waals surface area contributed by atoms with Crippen LogP contribution in [0.1, 0.15) is 21.7 Å². The standard InChI is InChI=1S/C21H19FN2O4/c1-14-4-5-15(11-18(14)22)12-23-20(25)13-28-17-8-6-16(7-9-17)24-21(26)19-3-2-10-27-19/h2-11H,12-13H2,1H3,(H,23,25)(H,24,26). The molecule has 0 aliphatic carbocycles. The SMILES string of the molecule is Cc1ccc(CNC(=O)COc2ccc(NC(=O)c3ccco3)cc2)cc1F. The topological polar surface area (TPSA) is 80.6 Å². The molecule has 1 aromatic heterocycles. The second kappa shape index (κ2) is 8.85. The lowest BCUT2D eigenvalue weighted by Crippen LogP contribution is -2.28. The Hall–Kier alpha value is -3.61. The van der Waals surface area contributed by atoms with E-state index < -0.39 is 0 Å². The molecule has 2 amide bonds. The number of nitrogens with one attached hydrogen (secondary N) is 2. The van der Waals surface area contributed by atoms with Crippen molar-refractivity contribution in [3.63, 3.8) is 0 Å². The Bertz CT molecular complexity index is 953. The summed E-state index contributed by atoms with van der Waals surface area (Å²) in [6.45, 7) is 1.73. The highest BCUT2D eigenvalue weighted by molar-refractivity contribution is 6.02. The Kier molecular flexibility index (Phi) is 6.06. The van der Waals surface area contributed by atoms with Gasteiger partial charge in [-0.2, -0.15) is 0 Å². The number of amides is 2. The van der Waals surface area contributed by atoms with Gasteiger partial charge in [0.05, 0.1) is 6.26 Å². The highest BCUT2D eigenvalue weighted by Gasteiger charge is 2.09. The Morgan fingerprint density at radius 3 is 2.57 bits per heavy atom. The minimum Gasteiger partial charge on any atom is -0.484 e. The molecule has 6 nitrogen and oxygen atoms in total. The minimum absolute atomic E-state index is 0.174. The molecule has 1 heterocycles. The van der Waals surface area contributed by atoms with Crippen LogP contribution in [0.3, 0.4) is 0 Å². The van der Waals surface area contributed by atoms with E-state index in [9.17, 15) is 14.0 Å². The van der Waals surface area contributed by atoms with Crippen LogP contribution in [0.5, 0.6) is 5.75 Å². The Morgan fingerprint density at radius 2 is 1.89 bits per heavy atom. The first-order valence-electron chi connectivity index (χ1n) is 8.61. The zero-order chi connectivity index (χ0) is 19.9. The molecule has 0 bridgehead atoms. The maximum absolute atomic E-state index is 13.5. The number of halogens is 1. The molecule has 0 unspecified atom stereocenters. The fourth-order valence-corrected chi connectivity index (χ4v) is 2.38. The predicted octanol–water partition coefficient (Wildman–Crippen LogP) is 3.67. The summed E-state index contributed by atoms with van der Waals surface area (Å²) < 4.78 is 23.9. The highest BCUT2D eigenvalue weighted by atomic mass is 19.1. The van der Waals surface area contributed by atoms with Crippen molar-refractivity contribution >= 4 is 17.5 Å². The van der Waals surface area contributed by atoms with Crippen molar-refractivity contribution in [3.05, 3.63) is 83.6 Å². The fraction of sp³-hybridized carbons (Fsp3) is 0.143. The fourth-order valence-electron chi connectivity index (χ4n) is 2.38. The Morgan fingerprint density at radius 1 is 1.11 bits per heavy atom. The van der Waals surface area contributed by atoms with Crippen molar-refractivity contribution < 1.29 is 23.1 Å². The average Bonchev–Trinajstić information content (AvgIpc) is 3.23. The molecule has 0 saturated heterocycles. The summed E-state index contributed by atoms with van der Waals surface area (Å²) in [5.41, 5.74) is 1.80. The number of carbonyl (C=O) groups is 2. The van der Waals surface area contributed by atoms with Gasteiger partial charge in [0.2, 0.25) is 0 Å². The monoisotopic (exact) mass is 382 g/mol. The van der Waals surface area contributed by atoms with Gasteiger partial charge in [0, 0.05) is 12.2 Å². The molecule has 0 fully saturated rings. The van der Waals surface area contributed by atoms with Crippen molar-refractivity contribution in [2.75, 3.05) is 11.9 Å². The van der Waals surface area contributed by atoms with Crippen molar-refractivity contribution in [3.8, 4) is 5.75 Å². The van der Waals surface area contributed by atoms with E-state index in [1.165, 1.54) is 12.3 Å². The summed E-state index contributed by atoms with van der Waals surface area (Å²) in [7, 11) is 0. The molecule has 2 N–H and O–H groups in total. The van der Waals surface area contributed by atoms with E-state index in [0.29, 0.717) is 22.6 Å². The third kappa shape index (κ3) is 5.20. The molecule has 0 saturated carbocycles. The number of hydrogen-bond acceptors (Lipinski definition) is 4. The number of benzene rings is 2. The minimum atomic E-state index is -0.356. The quantitative estimate of drug-likeness (QED) is 0.653. The number of anilines is 1. The zero-order valence-electron chi connectivity index (χ0n) is 15.2. The first-order valence-corrected chi connectivity index (χ1v) is 8.61. The van der Waals surface area contributed by atoms with Gasteiger partial charge in [-0.1, -0.05) is 12.1 Å². The van der Waals surface area contributed by atoms with Crippen LogP contribution >= 0.6 is 0 Å². The lowest BCUT2D eigenvalue weighted by Gasteiger charge is -2.09. The van der Waals surface area contributed by atoms with Crippen molar-refractivity contribution in [1.29, 1.82) is 0 Å². The summed E-state index contributed by atoms with van der Waals surface area (Å²) >= 11 is 0. The molecule has 0 spiro atoms. The van der Waals surface area contributed by atoms with E-state index in [0.717, 1.165) is 0 Å². The number of hydrogen-bond donors (Lipinski definition) is 2. The second-order valence-electron chi connectivity index (χ2n) is 6.10. The van der Waals surface area contributed by atoms with Gasteiger partial charge in [0.25, 0.3) is 11.8 Å². The summed E-state index contributed by atoms with van der Waals surface area (Å²) in [5, 5.41) is 5.36. The molecule has 0 aliphatic rings. The van der Waals surface area contributed by atoms with Crippen LogP contribution in [-0.2, 0) is 11.3 Å². The number of aryl methyl sites for hydroxylation is 1. The number of ether oxygens (including phenoxy) is 1. The van der Waals surface area contributed by atoms with Gasteiger partial charge in [-0.3, -0.25) is 9.59 Å². The Balaban J connectivity index is 1.44. The molecule has 7 heteroatoms. The molecule has 2 aromatic carbocycles. The molecule has 0 radical (unpaired) electrons. The third-order valence-corrected chi connectivity index (χ3v) is 3.95. The van der Waals surface area contributed by atoms with Crippen LogP contribution < -0.4 is 15.4 Å². The smallest absolute Gasteiger partial charge is 0.291 e. The van der Waals surface area contributed by atoms with Gasteiger partial charge >= 0.3 is 0 Å². The lowest BCUT2D eigenvalue weighted by atomic mass is 10.1. The van der Waals surface area contributed by atoms with E-state index >= 15 is 0 Å². The van der Waals surface area contributed by atoms with E-state index in [4.69, 9.17) is 9.15 Å². The summed E-state index contributed by atoms with van der Waals surface area (Å²) in [5.74, 6) is -0.290. The molecule has 3 rings (SSSR count). The first-order chi connectivity index (χ1) is 13.5. The molecular weight excluding hydrogens is 363 g/mol. The van der Waals surface area contributed by atoms with Crippen LogP contribution in [0, 0.1) is 12.7 Å². The number of carbonyl (C=O) groups excluding carboxylic acids is 2. The van der Waals surface area contributed by atoms with E-state index in [2.05, 4.69) is 10.6 Å². The van der Waals surface area contributed by atoms with Crippen LogP contribution in [0.25, 0.3) is 0 Å². The van der Waals surface area contributed by atoms with Crippen LogP contribution in [0.4, 0.5) is 10.1 Å². The van der Waals surface area contributed by atoms with E-state index in [-0.39, 0.29) is 36.5 Å². The van der Waals surface area contributed by atoms with Gasteiger partial charge in [0.1, 0.15) is 11.6 Å². The van der Waals surface area contributed by atoms with Gasteiger partial charge in [-0.25, -0.2) is 4.39 Å².